The fourth-order valence-electron chi connectivity index (χ4n) is 2.03. The van der Waals surface area contributed by atoms with Gasteiger partial charge in [0.2, 0.25) is 0 Å². The van der Waals surface area contributed by atoms with E-state index in [1.807, 2.05) is 0 Å². The largest absolute Gasteiger partial charge is 0.383 e. The molecule has 0 rings (SSSR count). The van der Waals surface area contributed by atoms with Crippen molar-refractivity contribution >= 4 is 0 Å². The van der Waals surface area contributed by atoms with Gasteiger partial charge in [-0.2, -0.15) is 0 Å². The molecule has 0 heterocycles. The summed E-state index contributed by atoms with van der Waals surface area (Å²) in [6.07, 6.45) is 2.39. The zero-order valence-electron chi connectivity index (χ0n) is 11.8. The average Bonchev–Trinajstić information content (AvgIpc) is 2.25. The van der Waals surface area contributed by atoms with Crippen LogP contribution in [0.1, 0.15) is 40.5 Å². The maximum atomic E-state index is 5.33. The van der Waals surface area contributed by atoms with Crippen LogP contribution in [-0.4, -0.2) is 50.3 Å². The zero-order valence-corrected chi connectivity index (χ0v) is 11.8. The molecule has 0 aliphatic rings. The first-order valence-electron chi connectivity index (χ1n) is 6.62. The minimum absolute atomic E-state index is 0.497. The molecule has 0 aliphatic carbocycles. The first-order chi connectivity index (χ1) is 7.67. The van der Waals surface area contributed by atoms with Gasteiger partial charge in [-0.25, -0.2) is 0 Å². The summed E-state index contributed by atoms with van der Waals surface area (Å²) in [4.78, 5) is 2.53. The molecule has 0 radical (unpaired) electrons. The van der Waals surface area contributed by atoms with Gasteiger partial charge in [-0.05, 0) is 39.8 Å². The van der Waals surface area contributed by atoms with Gasteiger partial charge in [0.05, 0.1) is 6.61 Å². The Morgan fingerprint density at radius 1 is 1.19 bits per heavy atom. The van der Waals surface area contributed by atoms with Crippen LogP contribution in [0.2, 0.25) is 0 Å². The summed E-state index contributed by atoms with van der Waals surface area (Å²) < 4.78 is 5.33. The van der Waals surface area contributed by atoms with E-state index >= 15 is 0 Å². The summed E-state index contributed by atoms with van der Waals surface area (Å²) in [5, 5.41) is 3.49. The lowest BCUT2D eigenvalue weighted by atomic mass is 10.2. The monoisotopic (exact) mass is 230 g/mol. The molecular weight excluding hydrogens is 200 g/mol. The molecular formula is C13H30N2O. The van der Waals surface area contributed by atoms with Crippen LogP contribution in [0.25, 0.3) is 0 Å². The van der Waals surface area contributed by atoms with Gasteiger partial charge < -0.3 is 10.1 Å². The molecule has 0 saturated carbocycles. The van der Waals surface area contributed by atoms with E-state index in [0.717, 1.165) is 26.2 Å². The molecule has 3 nitrogen and oxygen atoms in total. The van der Waals surface area contributed by atoms with Gasteiger partial charge in [0.1, 0.15) is 0 Å². The van der Waals surface area contributed by atoms with Gasteiger partial charge >= 0.3 is 0 Å². The second-order valence-electron chi connectivity index (χ2n) is 4.64. The predicted molar refractivity (Wildman–Crippen MR) is 71.0 cm³/mol. The van der Waals surface area contributed by atoms with E-state index in [1.54, 1.807) is 7.11 Å². The number of rotatable bonds is 10. The molecule has 0 aromatic heterocycles. The maximum Gasteiger partial charge on any atom is 0.0630 e. The van der Waals surface area contributed by atoms with E-state index in [4.69, 9.17) is 4.74 Å². The third-order valence-electron chi connectivity index (χ3n) is 2.78. The van der Waals surface area contributed by atoms with Crippen LogP contribution in [0.5, 0.6) is 0 Å². The SMILES string of the molecule is CCCNCC(COC)N(CCC)C(C)C. The Bertz CT molecular complexity index is 151. The van der Waals surface area contributed by atoms with Gasteiger partial charge in [0.15, 0.2) is 0 Å². The number of nitrogens with one attached hydrogen (secondary N) is 1. The summed E-state index contributed by atoms with van der Waals surface area (Å²) in [6.45, 7) is 13.0. The third kappa shape index (κ3) is 6.46. The first kappa shape index (κ1) is 15.9. The number of ether oxygens (including phenoxy) is 1. The lowest BCUT2D eigenvalue weighted by Crippen LogP contribution is -2.48. The zero-order chi connectivity index (χ0) is 12.4. The van der Waals surface area contributed by atoms with Crippen LogP contribution < -0.4 is 5.32 Å². The van der Waals surface area contributed by atoms with Crippen molar-refractivity contribution in [1.29, 1.82) is 0 Å². The lowest BCUT2D eigenvalue weighted by molar-refractivity contribution is 0.0695. The van der Waals surface area contributed by atoms with E-state index in [9.17, 15) is 0 Å². The normalized spacial score (nSPS) is 13.7. The summed E-state index contributed by atoms with van der Waals surface area (Å²) in [6, 6.07) is 1.08. The Morgan fingerprint density at radius 2 is 1.88 bits per heavy atom. The molecule has 3 heteroatoms. The van der Waals surface area contributed by atoms with Gasteiger partial charge in [-0.3, -0.25) is 4.90 Å². The summed E-state index contributed by atoms with van der Waals surface area (Å²) in [5.74, 6) is 0. The van der Waals surface area contributed by atoms with Crippen LogP contribution in [0, 0.1) is 0 Å². The number of methoxy groups -OCH3 is 1. The quantitative estimate of drug-likeness (QED) is 0.582. The van der Waals surface area contributed by atoms with Crippen LogP contribution in [-0.2, 0) is 4.74 Å². The van der Waals surface area contributed by atoms with E-state index in [1.165, 1.54) is 12.8 Å². The third-order valence-corrected chi connectivity index (χ3v) is 2.78. The standard InChI is InChI=1S/C13H30N2O/c1-6-8-14-10-13(11-16-5)15(9-7-2)12(3)4/h12-14H,6-11H2,1-5H3. The highest BCUT2D eigenvalue weighted by Crippen LogP contribution is 2.07. The molecule has 16 heavy (non-hydrogen) atoms. The second-order valence-corrected chi connectivity index (χ2v) is 4.64. The van der Waals surface area contributed by atoms with Crippen molar-refractivity contribution in [3.8, 4) is 0 Å². The highest BCUT2D eigenvalue weighted by molar-refractivity contribution is 4.76. The Kier molecular flexibility index (Phi) is 9.99. The van der Waals surface area contributed by atoms with Gasteiger partial charge in [-0.1, -0.05) is 13.8 Å². The minimum Gasteiger partial charge on any atom is -0.383 e. The highest BCUT2D eigenvalue weighted by atomic mass is 16.5. The van der Waals surface area contributed by atoms with Crippen molar-refractivity contribution in [3.05, 3.63) is 0 Å². The van der Waals surface area contributed by atoms with Crippen LogP contribution >= 0.6 is 0 Å². The molecule has 0 amide bonds. The van der Waals surface area contributed by atoms with E-state index in [2.05, 4.69) is 37.9 Å². The van der Waals surface area contributed by atoms with Gasteiger partial charge in [0.25, 0.3) is 0 Å². The fourth-order valence-corrected chi connectivity index (χ4v) is 2.03. The smallest absolute Gasteiger partial charge is 0.0630 e. The van der Waals surface area contributed by atoms with Gasteiger partial charge in [-0.15, -0.1) is 0 Å². The van der Waals surface area contributed by atoms with Crippen molar-refractivity contribution in [2.75, 3.05) is 33.4 Å². The molecule has 98 valence electrons. The maximum absolute atomic E-state index is 5.33. The molecule has 0 fully saturated rings. The molecule has 1 atom stereocenters. The lowest BCUT2D eigenvalue weighted by Gasteiger charge is -2.34. The molecule has 1 N–H and O–H groups in total. The van der Waals surface area contributed by atoms with E-state index < -0.39 is 0 Å². The van der Waals surface area contributed by atoms with Crippen LogP contribution in [0.15, 0.2) is 0 Å². The molecule has 0 bridgehead atoms. The Balaban J connectivity index is 4.20. The van der Waals surface area contributed by atoms with Crippen LogP contribution in [0.3, 0.4) is 0 Å². The average molecular weight is 230 g/mol. The van der Waals surface area contributed by atoms with Gasteiger partial charge in [0, 0.05) is 25.7 Å². The summed E-state index contributed by atoms with van der Waals surface area (Å²) in [7, 11) is 1.79. The molecule has 0 aromatic rings. The van der Waals surface area contributed by atoms with Crippen molar-refractivity contribution in [2.24, 2.45) is 0 Å². The highest BCUT2D eigenvalue weighted by Gasteiger charge is 2.19. The first-order valence-corrected chi connectivity index (χ1v) is 6.62. The molecule has 0 saturated heterocycles. The number of hydrogen-bond donors (Lipinski definition) is 1. The summed E-state index contributed by atoms with van der Waals surface area (Å²) in [5.41, 5.74) is 0. The predicted octanol–water partition coefficient (Wildman–Crippen LogP) is 2.12. The Morgan fingerprint density at radius 3 is 2.31 bits per heavy atom. The summed E-state index contributed by atoms with van der Waals surface area (Å²) >= 11 is 0. The molecule has 0 aliphatic heterocycles. The van der Waals surface area contributed by atoms with Crippen molar-refractivity contribution in [1.82, 2.24) is 10.2 Å². The molecule has 0 spiro atoms. The number of hydrogen-bond acceptors (Lipinski definition) is 3. The Hall–Kier alpha value is -0.120. The second kappa shape index (κ2) is 10.1. The van der Waals surface area contributed by atoms with Crippen molar-refractivity contribution in [3.63, 3.8) is 0 Å². The molecule has 0 aromatic carbocycles. The minimum atomic E-state index is 0.497. The molecule has 1 unspecified atom stereocenters. The van der Waals surface area contributed by atoms with Crippen LogP contribution in [0.4, 0.5) is 0 Å². The van der Waals surface area contributed by atoms with E-state index in [0.29, 0.717) is 12.1 Å². The van der Waals surface area contributed by atoms with Crippen molar-refractivity contribution < 1.29 is 4.74 Å². The van der Waals surface area contributed by atoms with E-state index in [-0.39, 0.29) is 0 Å². The topological polar surface area (TPSA) is 24.5 Å². The Labute approximate surface area is 102 Å². The fraction of sp³-hybridized carbons (Fsp3) is 1.00. The van der Waals surface area contributed by atoms with Crippen molar-refractivity contribution in [2.45, 2.75) is 52.6 Å². The number of nitrogens with zero attached hydrogens (tertiary/aromatic N) is 1.